The number of hydrazine groups is 1. The lowest BCUT2D eigenvalue weighted by Crippen LogP contribution is -2.43. The van der Waals surface area contributed by atoms with E-state index in [0.717, 1.165) is 11.1 Å². The van der Waals surface area contributed by atoms with Gasteiger partial charge in [0.15, 0.2) is 28.8 Å². The van der Waals surface area contributed by atoms with E-state index in [1.165, 1.54) is 54.8 Å². The summed E-state index contributed by atoms with van der Waals surface area (Å²) in [4.78, 5) is 26.4. The fraction of sp³-hybridized carbons (Fsp3) is 0.250. The predicted octanol–water partition coefficient (Wildman–Crippen LogP) is 2.99. The van der Waals surface area contributed by atoms with Gasteiger partial charge in [-0.25, -0.2) is 5.43 Å². The van der Waals surface area contributed by atoms with Gasteiger partial charge in [-0.1, -0.05) is 24.3 Å². The Labute approximate surface area is 231 Å². The highest BCUT2D eigenvalue weighted by Crippen LogP contribution is 2.39. The summed E-state index contributed by atoms with van der Waals surface area (Å²) in [6.07, 6.45) is 0. The number of amidine groups is 1. The van der Waals surface area contributed by atoms with E-state index in [2.05, 4.69) is 16.0 Å². The number of hydrazone groups is 1. The molecule has 4 rings (SSSR count). The number of carbonyl (C=O) groups is 2. The van der Waals surface area contributed by atoms with E-state index in [9.17, 15) is 9.59 Å². The Bertz CT molecular complexity index is 1410. The maximum Gasteiger partial charge on any atom is 0.271 e. The molecule has 0 saturated heterocycles. The average molecular weight is 551 g/mol. The zero-order valence-electron chi connectivity index (χ0n) is 23.0. The van der Waals surface area contributed by atoms with Crippen molar-refractivity contribution in [1.29, 1.82) is 0 Å². The molecule has 0 saturated carbocycles. The third kappa shape index (κ3) is 5.37. The van der Waals surface area contributed by atoms with Crippen LogP contribution in [-0.2, 0) is 6.54 Å². The highest BCUT2D eigenvalue weighted by atomic mass is 16.5. The molecule has 0 unspecified atom stereocenters. The van der Waals surface area contributed by atoms with Crippen LogP contribution in [0.5, 0.6) is 34.5 Å². The van der Waals surface area contributed by atoms with Crippen LogP contribution in [-0.4, -0.2) is 65.3 Å². The SMILES string of the molecule is COc1cc(C(=O)N/N=C2\c3ccccc3CN2NC(=O)c2cc(OC)c(OC)c(OC)c2)cc(OC)c1OC. The number of amides is 2. The molecule has 12 heteroatoms. The Kier molecular flexibility index (Phi) is 8.48. The van der Waals surface area contributed by atoms with Crippen molar-refractivity contribution in [2.24, 2.45) is 5.10 Å². The summed E-state index contributed by atoms with van der Waals surface area (Å²) >= 11 is 0. The number of rotatable bonds is 10. The molecule has 3 aromatic rings. The molecule has 0 aliphatic carbocycles. The van der Waals surface area contributed by atoms with Crippen LogP contribution < -0.4 is 39.3 Å². The van der Waals surface area contributed by atoms with Gasteiger partial charge in [-0.05, 0) is 29.8 Å². The molecular formula is C28H30N4O8. The van der Waals surface area contributed by atoms with Gasteiger partial charge in [0.25, 0.3) is 11.8 Å². The Hall–Kier alpha value is -5.13. The summed E-state index contributed by atoms with van der Waals surface area (Å²) < 4.78 is 32.1. The van der Waals surface area contributed by atoms with Crippen molar-refractivity contribution in [3.8, 4) is 34.5 Å². The smallest absolute Gasteiger partial charge is 0.271 e. The molecule has 40 heavy (non-hydrogen) atoms. The quantitative estimate of drug-likeness (QED) is 0.366. The Balaban J connectivity index is 1.62. The summed E-state index contributed by atoms with van der Waals surface area (Å²) in [6.45, 7) is 0.325. The molecule has 2 N–H and O–H groups in total. The topological polar surface area (TPSA) is 129 Å². The molecule has 0 spiro atoms. The van der Waals surface area contributed by atoms with Gasteiger partial charge in [-0.2, -0.15) is 5.10 Å². The van der Waals surface area contributed by atoms with Crippen LogP contribution in [0.4, 0.5) is 0 Å². The van der Waals surface area contributed by atoms with Crippen molar-refractivity contribution in [3.05, 3.63) is 70.8 Å². The Morgan fingerprint density at radius 1 is 0.700 bits per heavy atom. The molecule has 0 fully saturated rings. The summed E-state index contributed by atoms with van der Waals surface area (Å²) in [5, 5.41) is 5.91. The minimum Gasteiger partial charge on any atom is -0.493 e. The highest BCUT2D eigenvalue weighted by Gasteiger charge is 2.28. The maximum absolute atomic E-state index is 13.3. The number of methoxy groups -OCH3 is 6. The molecule has 1 aliphatic heterocycles. The first kappa shape index (κ1) is 27.9. The van der Waals surface area contributed by atoms with Crippen molar-refractivity contribution in [3.63, 3.8) is 0 Å². The standard InChI is InChI=1S/C28H30N4O8/c1-35-20-11-17(12-21(36-2)24(20)39-5)27(33)30-29-26-19-10-8-7-9-16(19)15-32(26)31-28(34)18-13-22(37-3)25(40-6)23(14-18)38-4/h7-14H,15H2,1-6H3,(H,30,33)(H,31,34)/b29-26+. The lowest BCUT2D eigenvalue weighted by molar-refractivity contribution is 0.0868. The molecule has 0 bridgehead atoms. The summed E-state index contributed by atoms with van der Waals surface area (Å²) in [5.41, 5.74) is 7.58. The molecule has 1 heterocycles. The second-order valence-electron chi connectivity index (χ2n) is 8.39. The lowest BCUT2D eigenvalue weighted by atomic mass is 10.1. The van der Waals surface area contributed by atoms with Gasteiger partial charge < -0.3 is 28.4 Å². The van der Waals surface area contributed by atoms with Gasteiger partial charge >= 0.3 is 0 Å². The van der Waals surface area contributed by atoms with Crippen LogP contribution in [0.2, 0.25) is 0 Å². The molecular weight excluding hydrogens is 520 g/mol. The third-order valence-corrected chi connectivity index (χ3v) is 6.20. The minimum atomic E-state index is -0.521. The number of ether oxygens (including phenoxy) is 6. The van der Waals surface area contributed by atoms with Crippen molar-refractivity contribution in [1.82, 2.24) is 15.9 Å². The Morgan fingerprint density at radius 2 is 1.18 bits per heavy atom. The van der Waals surface area contributed by atoms with Crippen LogP contribution in [0.15, 0.2) is 53.6 Å². The number of nitrogens with one attached hydrogen (secondary N) is 2. The van der Waals surface area contributed by atoms with E-state index in [1.807, 2.05) is 24.3 Å². The Morgan fingerprint density at radius 3 is 1.65 bits per heavy atom. The molecule has 12 nitrogen and oxygen atoms in total. The van der Waals surface area contributed by atoms with Crippen molar-refractivity contribution >= 4 is 17.6 Å². The molecule has 0 radical (unpaired) electrons. The number of hydrogen-bond acceptors (Lipinski definition) is 9. The maximum atomic E-state index is 13.3. The molecule has 3 aromatic carbocycles. The van der Waals surface area contributed by atoms with Gasteiger partial charge in [0.2, 0.25) is 11.5 Å². The van der Waals surface area contributed by atoms with E-state index < -0.39 is 11.8 Å². The zero-order valence-corrected chi connectivity index (χ0v) is 23.0. The lowest BCUT2D eigenvalue weighted by Gasteiger charge is -2.21. The molecule has 210 valence electrons. The number of nitrogens with zero attached hydrogens (tertiary/aromatic N) is 2. The predicted molar refractivity (Wildman–Crippen MR) is 146 cm³/mol. The first-order valence-corrected chi connectivity index (χ1v) is 12.0. The van der Waals surface area contributed by atoms with Gasteiger partial charge in [0.1, 0.15) is 0 Å². The van der Waals surface area contributed by atoms with Crippen LogP contribution in [0.1, 0.15) is 31.8 Å². The first-order valence-electron chi connectivity index (χ1n) is 12.0. The largest absolute Gasteiger partial charge is 0.493 e. The average Bonchev–Trinajstić information content (AvgIpc) is 3.34. The summed E-state index contributed by atoms with van der Waals surface area (Å²) in [6, 6.07) is 13.6. The van der Waals surface area contributed by atoms with Crippen molar-refractivity contribution in [2.75, 3.05) is 42.7 Å². The summed E-state index contributed by atoms with van der Waals surface area (Å²) in [7, 11) is 8.82. The number of fused-ring (bicyclic) bond motifs is 1. The van der Waals surface area contributed by atoms with Crippen LogP contribution >= 0.6 is 0 Å². The fourth-order valence-electron chi connectivity index (χ4n) is 4.26. The van der Waals surface area contributed by atoms with Gasteiger partial charge in [0, 0.05) is 16.7 Å². The van der Waals surface area contributed by atoms with E-state index in [0.29, 0.717) is 46.9 Å². The van der Waals surface area contributed by atoms with E-state index in [1.54, 1.807) is 17.1 Å². The minimum absolute atomic E-state index is 0.234. The molecule has 0 aromatic heterocycles. The number of carbonyl (C=O) groups excluding carboxylic acids is 2. The highest BCUT2D eigenvalue weighted by molar-refractivity contribution is 6.06. The number of benzene rings is 3. The van der Waals surface area contributed by atoms with E-state index in [-0.39, 0.29) is 11.1 Å². The first-order chi connectivity index (χ1) is 19.4. The molecule has 2 amide bonds. The molecule has 0 atom stereocenters. The number of hydrogen-bond donors (Lipinski definition) is 2. The third-order valence-electron chi connectivity index (χ3n) is 6.20. The van der Waals surface area contributed by atoms with E-state index >= 15 is 0 Å². The van der Waals surface area contributed by atoms with Crippen LogP contribution in [0.25, 0.3) is 0 Å². The van der Waals surface area contributed by atoms with Gasteiger partial charge in [-0.15, -0.1) is 0 Å². The van der Waals surface area contributed by atoms with Crippen molar-refractivity contribution in [2.45, 2.75) is 6.54 Å². The second kappa shape index (κ2) is 12.2. The van der Waals surface area contributed by atoms with Crippen LogP contribution in [0, 0.1) is 0 Å². The monoisotopic (exact) mass is 550 g/mol. The van der Waals surface area contributed by atoms with Crippen LogP contribution in [0.3, 0.4) is 0 Å². The fourth-order valence-corrected chi connectivity index (χ4v) is 4.26. The van der Waals surface area contributed by atoms with Crippen molar-refractivity contribution < 1.29 is 38.0 Å². The van der Waals surface area contributed by atoms with E-state index in [4.69, 9.17) is 28.4 Å². The molecule has 1 aliphatic rings. The second-order valence-corrected chi connectivity index (χ2v) is 8.39. The van der Waals surface area contributed by atoms with Gasteiger partial charge in [0.05, 0.1) is 49.2 Å². The van der Waals surface area contributed by atoms with Gasteiger partial charge in [-0.3, -0.25) is 20.0 Å². The zero-order chi connectivity index (χ0) is 28.8. The summed E-state index contributed by atoms with van der Waals surface area (Å²) in [5.74, 6) is 1.42. The normalized spacial score (nSPS) is 12.8.